The van der Waals surface area contributed by atoms with E-state index in [0.29, 0.717) is 11.9 Å². The van der Waals surface area contributed by atoms with E-state index in [9.17, 15) is 0 Å². The Morgan fingerprint density at radius 2 is 1.52 bits per heavy atom. The highest BCUT2D eigenvalue weighted by Gasteiger charge is 2.25. The Balaban J connectivity index is 1.89. The maximum atomic E-state index is 5.81. The van der Waals surface area contributed by atoms with Crippen LogP contribution in [0, 0.1) is 5.92 Å². The van der Waals surface area contributed by atoms with Crippen molar-refractivity contribution in [1.29, 1.82) is 0 Å². The molecule has 0 aliphatic carbocycles. The lowest BCUT2D eigenvalue weighted by Crippen LogP contribution is -2.17. The molecular formula is C21H22O2. The zero-order valence-electron chi connectivity index (χ0n) is 13.7. The lowest BCUT2D eigenvalue weighted by atomic mass is 9.87. The molecule has 2 aromatic rings. The third-order valence-corrected chi connectivity index (χ3v) is 4.12. The molecule has 2 nitrogen and oxygen atoms in total. The maximum Gasteiger partial charge on any atom is 0.284 e. The molecule has 0 fully saturated rings. The van der Waals surface area contributed by atoms with Gasteiger partial charge >= 0.3 is 0 Å². The van der Waals surface area contributed by atoms with E-state index in [0.717, 1.165) is 18.6 Å². The van der Waals surface area contributed by atoms with E-state index in [1.807, 2.05) is 13.0 Å². The second-order valence-corrected chi connectivity index (χ2v) is 5.85. The molecule has 0 aromatic heterocycles. The first-order valence-corrected chi connectivity index (χ1v) is 7.97. The van der Waals surface area contributed by atoms with Gasteiger partial charge in [0.25, 0.3) is 5.95 Å². The van der Waals surface area contributed by atoms with Gasteiger partial charge in [0.1, 0.15) is 5.76 Å². The SMILES string of the molecule is COC1=C(Cc2ccccc2)C(Cc2ccccc2)C=C(C)O1. The van der Waals surface area contributed by atoms with E-state index in [1.54, 1.807) is 7.11 Å². The fraction of sp³-hybridized carbons (Fsp3) is 0.238. The van der Waals surface area contributed by atoms with Crippen molar-refractivity contribution in [3.63, 3.8) is 0 Å². The fourth-order valence-electron chi connectivity index (χ4n) is 3.02. The van der Waals surface area contributed by atoms with Gasteiger partial charge in [0.15, 0.2) is 0 Å². The first-order valence-electron chi connectivity index (χ1n) is 7.97. The number of rotatable bonds is 5. The van der Waals surface area contributed by atoms with Crippen molar-refractivity contribution < 1.29 is 9.47 Å². The van der Waals surface area contributed by atoms with Crippen LogP contribution >= 0.6 is 0 Å². The molecule has 23 heavy (non-hydrogen) atoms. The van der Waals surface area contributed by atoms with Gasteiger partial charge in [-0.15, -0.1) is 0 Å². The van der Waals surface area contributed by atoms with Gasteiger partial charge in [0.05, 0.1) is 7.11 Å². The average molecular weight is 306 g/mol. The van der Waals surface area contributed by atoms with Crippen LogP contribution in [0.4, 0.5) is 0 Å². The van der Waals surface area contributed by atoms with Crippen LogP contribution in [0.3, 0.4) is 0 Å². The fourth-order valence-corrected chi connectivity index (χ4v) is 3.02. The highest BCUT2D eigenvalue weighted by atomic mass is 16.7. The molecule has 118 valence electrons. The number of hydrogen-bond acceptors (Lipinski definition) is 2. The van der Waals surface area contributed by atoms with Crippen LogP contribution in [0.2, 0.25) is 0 Å². The molecule has 0 amide bonds. The van der Waals surface area contributed by atoms with E-state index in [1.165, 1.54) is 16.7 Å². The highest BCUT2D eigenvalue weighted by Crippen LogP contribution is 2.32. The maximum absolute atomic E-state index is 5.81. The van der Waals surface area contributed by atoms with Crippen molar-refractivity contribution in [1.82, 2.24) is 0 Å². The summed E-state index contributed by atoms with van der Waals surface area (Å²) in [6, 6.07) is 21.0. The minimum atomic E-state index is 0.293. The molecule has 0 N–H and O–H groups in total. The lowest BCUT2D eigenvalue weighted by molar-refractivity contribution is 0.0891. The molecule has 2 heteroatoms. The second-order valence-electron chi connectivity index (χ2n) is 5.85. The van der Waals surface area contributed by atoms with Crippen LogP contribution < -0.4 is 0 Å². The van der Waals surface area contributed by atoms with Crippen LogP contribution in [-0.4, -0.2) is 7.11 Å². The molecule has 3 rings (SSSR count). The van der Waals surface area contributed by atoms with Crippen LogP contribution in [-0.2, 0) is 22.3 Å². The number of benzene rings is 2. The van der Waals surface area contributed by atoms with E-state index in [-0.39, 0.29) is 0 Å². The first kappa shape index (κ1) is 15.4. The quantitative estimate of drug-likeness (QED) is 0.784. The Hall–Kier alpha value is -2.48. The predicted octanol–water partition coefficient (Wildman–Crippen LogP) is 4.88. The molecule has 0 spiro atoms. The molecule has 0 saturated heterocycles. The third kappa shape index (κ3) is 3.84. The smallest absolute Gasteiger partial charge is 0.284 e. The van der Waals surface area contributed by atoms with Gasteiger partial charge in [-0.25, -0.2) is 0 Å². The van der Waals surface area contributed by atoms with Crippen molar-refractivity contribution in [2.45, 2.75) is 19.8 Å². The molecule has 2 aromatic carbocycles. The third-order valence-electron chi connectivity index (χ3n) is 4.12. The molecule has 1 aliphatic heterocycles. The molecule has 1 atom stereocenters. The van der Waals surface area contributed by atoms with E-state index >= 15 is 0 Å². The van der Waals surface area contributed by atoms with Gasteiger partial charge in [-0.3, -0.25) is 0 Å². The van der Waals surface area contributed by atoms with Crippen molar-refractivity contribution in [3.05, 3.63) is 95.1 Å². The lowest BCUT2D eigenvalue weighted by Gasteiger charge is -2.26. The van der Waals surface area contributed by atoms with Gasteiger partial charge in [-0.1, -0.05) is 60.7 Å². The van der Waals surface area contributed by atoms with Crippen LogP contribution in [0.15, 0.2) is 84.0 Å². The number of allylic oxidation sites excluding steroid dienone is 3. The van der Waals surface area contributed by atoms with Crippen LogP contribution in [0.1, 0.15) is 18.1 Å². The summed E-state index contributed by atoms with van der Waals surface area (Å²) < 4.78 is 11.3. The van der Waals surface area contributed by atoms with Crippen molar-refractivity contribution >= 4 is 0 Å². The molecular weight excluding hydrogens is 284 g/mol. The zero-order chi connectivity index (χ0) is 16.1. The van der Waals surface area contributed by atoms with Gasteiger partial charge in [-0.2, -0.15) is 0 Å². The van der Waals surface area contributed by atoms with Crippen molar-refractivity contribution in [2.75, 3.05) is 7.11 Å². The van der Waals surface area contributed by atoms with Crippen molar-refractivity contribution in [2.24, 2.45) is 5.92 Å². The molecule has 1 aliphatic rings. The minimum absolute atomic E-state index is 0.293. The molecule has 1 heterocycles. The molecule has 1 unspecified atom stereocenters. The standard InChI is InChI=1S/C21H22O2/c1-16-13-19(14-17-9-5-3-6-10-17)20(21(22-2)23-16)15-18-11-7-4-8-12-18/h3-13,19H,14-15H2,1-2H3. The molecule has 0 saturated carbocycles. The van der Waals surface area contributed by atoms with E-state index < -0.39 is 0 Å². The second kappa shape index (κ2) is 7.19. The van der Waals surface area contributed by atoms with E-state index in [2.05, 4.69) is 60.7 Å². The number of hydrogen-bond donors (Lipinski definition) is 0. The molecule has 0 radical (unpaired) electrons. The van der Waals surface area contributed by atoms with Crippen LogP contribution in [0.25, 0.3) is 0 Å². The Morgan fingerprint density at radius 1 is 0.913 bits per heavy atom. The summed E-state index contributed by atoms with van der Waals surface area (Å²) in [5, 5.41) is 0. The Kier molecular flexibility index (Phi) is 4.82. The summed E-state index contributed by atoms with van der Waals surface area (Å²) in [6.45, 7) is 1.98. The summed E-state index contributed by atoms with van der Waals surface area (Å²) >= 11 is 0. The van der Waals surface area contributed by atoms with Crippen molar-refractivity contribution in [3.8, 4) is 0 Å². The normalized spacial score (nSPS) is 17.5. The Bertz CT molecular complexity index is 699. The number of ether oxygens (including phenoxy) is 2. The summed E-state index contributed by atoms with van der Waals surface area (Å²) in [5.74, 6) is 1.84. The Morgan fingerprint density at radius 3 is 2.13 bits per heavy atom. The largest absolute Gasteiger partial charge is 0.468 e. The highest BCUT2D eigenvalue weighted by molar-refractivity contribution is 5.31. The van der Waals surface area contributed by atoms with Gasteiger partial charge < -0.3 is 9.47 Å². The van der Waals surface area contributed by atoms with E-state index in [4.69, 9.17) is 9.47 Å². The zero-order valence-corrected chi connectivity index (χ0v) is 13.7. The summed E-state index contributed by atoms with van der Waals surface area (Å²) in [4.78, 5) is 0. The summed E-state index contributed by atoms with van der Waals surface area (Å²) in [7, 11) is 1.68. The first-order chi connectivity index (χ1) is 11.3. The van der Waals surface area contributed by atoms with Gasteiger partial charge in [0.2, 0.25) is 0 Å². The number of methoxy groups -OCH3 is 1. The minimum Gasteiger partial charge on any atom is -0.468 e. The van der Waals surface area contributed by atoms with Crippen LogP contribution in [0.5, 0.6) is 0 Å². The Labute approximate surface area is 138 Å². The summed E-state index contributed by atoms with van der Waals surface area (Å²) in [6.07, 6.45) is 4.00. The average Bonchev–Trinajstić information content (AvgIpc) is 2.59. The topological polar surface area (TPSA) is 18.5 Å². The monoisotopic (exact) mass is 306 g/mol. The summed E-state index contributed by atoms with van der Waals surface area (Å²) in [5.41, 5.74) is 3.80. The predicted molar refractivity (Wildman–Crippen MR) is 92.7 cm³/mol. The molecule has 0 bridgehead atoms. The van der Waals surface area contributed by atoms with Gasteiger partial charge in [-0.05, 0) is 30.5 Å². The van der Waals surface area contributed by atoms with Gasteiger partial charge in [0, 0.05) is 17.9 Å².